The number of aromatic nitrogens is 5. The Hall–Kier alpha value is -2.87. The number of carbonyl (C=O) groups is 1. The Kier molecular flexibility index (Phi) is 5.76. The average molecular weight is 463 g/mol. The molecule has 0 bridgehead atoms. The smallest absolute Gasteiger partial charge is 0.354 e. The third-order valence-corrected chi connectivity index (χ3v) is 5.24. The van der Waals surface area contributed by atoms with E-state index in [0.29, 0.717) is 37.7 Å². The number of halogens is 3. The van der Waals surface area contributed by atoms with E-state index in [1.807, 2.05) is 0 Å². The lowest BCUT2D eigenvalue weighted by molar-refractivity contribution is 0.0684. The molecule has 0 aliphatic rings. The van der Waals surface area contributed by atoms with Crippen LogP contribution in [-0.4, -0.2) is 35.2 Å². The third-order valence-electron chi connectivity index (χ3n) is 4.43. The summed E-state index contributed by atoms with van der Waals surface area (Å²) in [5.74, 6) is -0.703. The molecule has 10 heteroatoms. The highest BCUT2D eigenvalue weighted by Gasteiger charge is 2.24. The first-order valence-electron chi connectivity index (χ1n) is 8.75. The largest absolute Gasteiger partial charge is 0.477 e. The molecule has 0 saturated heterocycles. The Balaban J connectivity index is 1.91. The van der Waals surface area contributed by atoms with Crippen molar-refractivity contribution in [2.75, 3.05) is 0 Å². The molecular weight excluding hydrogens is 449 g/mol. The molecule has 0 atom stereocenters. The van der Waals surface area contributed by atoms with Crippen molar-refractivity contribution in [1.29, 1.82) is 0 Å². The summed E-state index contributed by atoms with van der Waals surface area (Å²) >= 11 is 18.6. The third kappa shape index (κ3) is 4.18. The fourth-order valence-corrected chi connectivity index (χ4v) is 3.69. The van der Waals surface area contributed by atoms with Gasteiger partial charge in [0.05, 0.1) is 30.1 Å². The molecule has 4 rings (SSSR count). The van der Waals surface area contributed by atoms with Crippen molar-refractivity contribution in [3.05, 3.63) is 87.4 Å². The molecule has 0 unspecified atom stereocenters. The van der Waals surface area contributed by atoms with Crippen LogP contribution in [0.2, 0.25) is 15.1 Å². The van der Waals surface area contributed by atoms with Gasteiger partial charge in [-0.3, -0.25) is 4.98 Å². The number of carboxylic acid groups (broad SMARTS) is 1. The second kappa shape index (κ2) is 8.47. The monoisotopic (exact) mass is 461 g/mol. The van der Waals surface area contributed by atoms with Gasteiger partial charge in [-0.15, -0.1) is 0 Å². The van der Waals surface area contributed by atoms with E-state index in [9.17, 15) is 9.90 Å². The molecule has 30 heavy (non-hydrogen) atoms. The van der Waals surface area contributed by atoms with E-state index in [1.54, 1.807) is 58.3 Å². The maximum absolute atomic E-state index is 12.2. The number of hydrogen-bond donors (Lipinski definition) is 1. The minimum atomic E-state index is -1.11. The Labute approximate surface area is 186 Å². The van der Waals surface area contributed by atoms with Crippen molar-refractivity contribution >= 4 is 40.8 Å². The zero-order chi connectivity index (χ0) is 21.3. The minimum absolute atomic E-state index is 0.0368. The number of benzene rings is 1. The van der Waals surface area contributed by atoms with Gasteiger partial charge in [0, 0.05) is 40.4 Å². The van der Waals surface area contributed by atoms with Crippen LogP contribution in [0.1, 0.15) is 21.7 Å². The lowest BCUT2D eigenvalue weighted by Crippen LogP contribution is -2.14. The van der Waals surface area contributed by atoms with E-state index >= 15 is 0 Å². The van der Waals surface area contributed by atoms with E-state index in [0.717, 1.165) is 0 Å². The van der Waals surface area contributed by atoms with E-state index < -0.39 is 5.97 Å². The van der Waals surface area contributed by atoms with Crippen molar-refractivity contribution in [3.63, 3.8) is 0 Å². The van der Waals surface area contributed by atoms with Crippen LogP contribution < -0.4 is 0 Å². The molecule has 0 amide bonds. The molecule has 0 aliphatic carbocycles. The van der Waals surface area contributed by atoms with Crippen molar-refractivity contribution < 1.29 is 9.90 Å². The van der Waals surface area contributed by atoms with E-state index in [2.05, 4.69) is 15.0 Å². The zero-order valence-corrected chi connectivity index (χ0v) is 17.6. The maximum atomic E-state index is 12.2. The average Bonchev–Trinajstić information content (AvgIpc) is 3.33. The molecule has 7 nitrogen and oxygen atoms in total. The van der Waals surface area contributed by atoms with E-state index in [4.69, 9.17) is 34.8 Å². The highest BCUT2D eigenvalue weighted by Crippen LogP contribution is 2.29. The number of rotatable bonds is 6. The summed E-state index contributed by atoms with van der Waals surface area (Å²) in [5, 5.41) is 11.4. The minimum Gasteiger partial charge on any atom is -0.477 e. The Bertz CT molecular complexity index is 1220. The quantitative estimate of drug-likeness (QED) is 0.440. The van der Waals surface area contributed by atoms with Crippen LogP contribution in [0.4, 0.5) is 0 Å². The molecular formula is C20H14Cl3N5O2. The number of carboxylic acids is 1. The second-order valence-electron chi connectivity index (χ2n) is 6.48. The van der Waals surface area contributed by atoms with Gasteiger partial charge < -0.3 is 14.2 Å². The Morgan fingerprint density at radius 3 is 2.57 bits per heavy atom. The Morgan fingerprint density at radius 2 is 1.87 bits per heavy atom. The lowest BCUT2D eigenvalue weighted by atomic mass is 10.2. The second-order valence-corrected chi connectivity index (χ2v) is 7.76. The van der Waals surface area contributed by atoms with Gasteiger partial charge in [-0.05, 0) is 29.8 Å². The highest BCUT2D eigenvalue weighted by molar-refractivity contribution is 6.33. The van der Waals surface area contributed by atoms with Gasteiger partial charge in [0.2, 0.25) is 0 Å². The van der Waals surface area contributed by atoms with Crippen LogP contribution in [-0.2, 0) is 13.1 Å². The number of imidazole rings is 2. The first-order chi connectivity index (χ1) is 14.4. The van der Waals surface area contributed by atoms with Gasteiger partial charge >= 0.3 is 5.97 Å². The number of pyridine rings is 1. The van der Waals surface area contributed by atoms with Crippen molar-refractivity contribution in [1.82, 2.24) is 24.1 Å². The maximum Gasteiger partial charge on any atom is 0.354 e. The molecule has 0 radical (unpaired) electrons. The number of aromatic carboxylic acids is 1. The summed E-state index contributed by atoms with van der Waals surface area (Å²) in [7, 11) is 0. The predicted molar refractivity (Wildman–Crippen MR) is 114 cm³/mol. The van der Waals surface area contributed by atoms with Crippen LogP contribution in [0.3, 0.4) is 0 Å². The molecule has 3 aromatic heterocycles. The van der Waals surface area contributed by atoms with Gasteiger partial charge in [0.15, 0.2) is 5.69 Å². The molecule has 0 saturated carbocycles. The molecule has 3 heterocycles. The zero-order valence-electron chi connectivity index (χ0n) is 15.3. The van der Waals surface area contributed by atoms with Gasteiger partial charge in [-0.25, -0.2) is 14.8 Å². The molecule has 0 aliphatic heterocycles. The van der Waals surface area contributed by atoms with E-state index in [-0.39, 0.29) is 18.8 Å². The fourth-order valence-electron chi connectivity index (χ4n) is 3.15. The molecule has 152 valence electrons. The van der Waals surface area contributed by atoms with Crippen LogP contribution in [0.5, 0.6) is 0 Å². The summed E-state index contributed by atoms with van der Waals surface area (Å²) in [6.45, 7) is 0.388. The fraction of sp³-hybridized carbons (Fsp3) is 0.100. The van der Waals surface area contributed by atoms with Crippen LogP contribution >= 0.6 is 34.8 Å². The van der Waals surface area contributed by atoms with Crippen LogP contribution in [0.25, 0.3) is 11.4 Å². The lowest BCUT2D eigenvalue weighted by Gasteiger charge is -2.12. The summed E-state index contributed by atoms with van der Waals surface area (Å²) in [4.78, 5) is 25.0. The highest BCUT2D eigenvalue weighted by atomic mass is 35.5. The van der Waals surface area contributed by atoms with Gasteiger partial charge in [0.1, 0.15) is 5.82 Å². The first-order valence-corrected chi connectivity index (χ1v) is 9.89. The first kappa shape index (κ1) is 20.4. The summed E-state index contributed by atoms with van der Waals surface area (Å²) in [5.41, 5.74) is 1.65. The van der Waals surface area contributed by atoms with Crippen LogP contribution in [0, 0.1) is 0 Å². The van der Waals surface area contributed by atoms with E-state index in [1.165, 1.54) is 6.20 Å². The van der Waals surface area contributed by atoms with Crippen LogP contribution in [0.15, 0.2) is 55.4 Å². The predicted octanol–water partition coefficient (Wildman–Crippen LogP) is 4.90. The Morgan fingerprint density at radius 1 is 1.03 bits per heavy atom. The number of nitrogens with zero attached hydrogens (tertiary/aromatic N) is 5. The van der Waals surface area contributed by atoms with Crippen molar-refractivity contribution in [3.8, 4) is 11.4 Å². The SMILES string of the molecule is O=C(O)c1c(Cn2ccnc2)nc(-c2cncc(Cl)c2)n1Cc1cc(Cl)ccc1Cl. The molecule has 0 fully saturated rings. The molecule has 1 aromatic carbocycles. The van der Waals surface area contributed by atoms with Crippen molar-refractivity contribution in [2.45, 2.75) is 13.1 Å². The standard InChI is InChI=1S/C20H14Cl3N5O2/c21-14-1-2-16(23)13(6-14)9-28-18(20(29)30)17(10-27-4-3-24-11-27)26-19(28)12-5-15(22)8-25-7-12/h1-8,11H,9-10H2,(H,29,30). The number of hydrogen-bond acceptors (Lipinski definition) is 4. The summed E-state index contributed by atoms with van der Waals surface area (Å²) in [6, 6.07) is 6.72. The van der Waals surface area contributed by atoms with Gasteiger partial charge in [-0.1, -0.05) is 34.8 Å². The molecule has 4 aromatic rings. The molecule has 0 spiro atoms. The normalized spacial score (nSPS) is 11.0. The van der Waals surface area contributed by atoms with Crippen molar-refractivity contribution in [2.24, 2.45) is 0 Å². The summed E-state index contributed by atoms with van der Waals surface area (Å²) in [6.07, 6.45) is 8.02. The summed E-state index contributed by atoms with van der Waals surface area (Å²) < 4.78 is 3.32. The molecule has 1 N–H and O–H groups in total. The topological polar surface area (TPSA) is 85.8 Å². The van der Waals surface area contributed by atoms with Gasteiger partial charge in [0.25, 0.3) is 0 Å². The van der Waals surface area contributed by atoms with Gasteiger partial charge in [-0.2, -0.15) is 0 Å².